The van der Waals surface area contributed by atoms with Gasteiger partial charge in [0.25, 0.3) is 0 Å². The molecule has 2 rings (SSSR count). The normalized spacial score (nSPS) is 7.37. The summed E-state index contributed by atoms with van der Waals surface area (Å²) < 4.78 is 0. The van der Waals surface area contributed by atoms with E-state index in [4.69, 9.17) is 5.26 Å². The highest BCUT2D eigenvalue weighted by Gasteiger charge is 1.94. The minimum atomic E-state index is 0.931. The maximum absolute atomic E-state index is 7.32. The van der Waals surface area contributed by atoms with Gasteiger partial charge in [-0.2, -0.15) is 5.26 Å². The van der Waals surface area contributed by atoms with Gasteiger partial charge in [0.1, 0.15) is 0 Å². The molecule has 0 saturated heterocycles. The number of benzene rings is 1. The number of hydrogen-bond donors (Lipinski definition) is 1. The Morgan fingerprint density at radius 1 is 1.11 bits per heavy atom. The maximum Gasteiger partial charge on any atom is 0.0921 e. The number of H-pyrrole nitrogens is 1. The lowest BCUT2D eigenvalue weighted by molar-refractivity contribution is 1.11. The first-order valence-electron chi connectivity index (χ1n) is 6.69. The number of rotatable bonds is 2. The van der Waals surface area contributed by atoms with Gasteiger partial charge in [0.2, 0.25) is 0 Å². The van der Waals surface area contributed by atoms with Crippen molar-refractivity contribution in [3.8, 4) is 6.07 Å². The molecule has 2 aromatic rings. The van der Waals surface area contributed by atoms with Crippen molar-refractivity contribution in [2.45, 2.75) is 41.0 Å². The lowest BCUT2D eigenvalue weighted by Crippen LogP contribution is -1.86. The molecule has 1 aromatic heterocycles. The Bertz CT molecular complexity index is 399. The molecule has 1 N–H and O–H groups in total. The zero-order chi connectivity index (χ0) is 14.9. The molecule has 1 aromatic carbocycles. The van der Waals surface area contributed by atoms with Gasteiger partial charge >= 0.3 is 0 Å². The third-order valence-electron chi connectivity index (χ3n) is 1.79. The fourth-order valence-corrected chi connectivity index (χ4v) is 1.20. The lowest BCUT2D eigenvalue weighted by atomic mass is 10.1. The molecule has 104 valence electrons. The van der Waals surface area contributed by atoms with Crippen molar-refractivity contribution >= 4 is 0 Å². The maximum atomic E-state index is 7.32. The predicted molar refractivity (Wildman–Crippen MR) is 81.8 cm³/mol. The molecule has 3 heteroatoms. The SMILES string of the molecule is CC.CC.CC#N.c1ccc(Cc2cnc[nH]2)cc1. The Morgan fingerprint density at radius 2 is 1.63 bits per heavy atom. The molecule has 0 aliphatic heterocycles. The number of nitrogens with one attached hydrogen (secondary N) is 1. The van der Waals surface area contributed by atoms with Crippen LogP contribution < -0.4 is 0 Å². The Kier molecular flexibility index (Phi) is 16.1. The van der Waals surface area contributed by atoms with Crippen molar-refractivity contribution in [3.05, 3.63) is 54.1 Å². The number of aromatic amines is 1. The summed E-state index contributed by atoms with van der Waals surface area (Å²) in [7, 11) is 0. The van der Waals surface area contributed by atoms with Gasteiger partial charge < -0.3 is 4.98 Å². The number of aromatic nitrogens is 2. The van der Waals surface area contributed by atoms with Gasteiger partial charge in [-0.1, -0.05) is 58.0 Å². The largest absolute Gasteiger partial charge is 0.348 e. The van der Waals surface area contributed by atoms with Crippen LogP contribution in [0.4, 0.5) is 0 Å². The van der Waals surface area contributed by atoms with E-state index in [1.165, 1.54) is 12.5 Å². The van der Waals surface area contributed by atoms with E-state index < -0.39 is 0 Å². The van der Waals surface area contributed by atoms with Crippen LogP contribution in [-0.2, 0) is 6.42 Å². The average molecular weight is 259 g/mol. The van der Waals surface area contributed by atoms with Crippen LogP contribution in [0.2, 0.25) is 0 Å². The fourth-order valence-electron chi connectivity index (χ4n) is 1.20. The molecule has 0 aliphatic rings. The number of hydrogen-bond acceptors (Lipinski definition) is 2. The van der Waals surface area contributed by atoms with Gasteiger partial charge in [-0.05, 0) is 5.56 Å². The molecule has 1 heterocycles. The third-order valence-corrected chi connectivity index (χ3v) is 1.79. The molecule has 0 saturated carbocycles. The summed E-state index contributed by atoms with van der Waals surface area (Å²) in [4.78, 5) is 7.04. The van der Waals surface area contributed by atoms with Crippen LogP contribution in [0, 0.1) is 11.3 Å². The minimum absolute atomic E-state index is 0.931. The van der Waals surface area contributed by atoms with Crippen molar-refractivity contribution in [2.75, 3.05) is 0 Å². The van der Waals surface area contributed by atoms with Crippen LogP contribution in [0.1, 0.15) is 45.9 Å². The van der Waals surface area contributed by atoms with E-state index >= 15 is 0 Å². The standard InChI is InChI=1S/C10H10N2.C2H3N.2C2H6/c1-2-4-9(5-3-1)6-10-7-11-8-12-10;1-2-3;2*1-2/h1-5,7-8H,6H2,(H,11,12);1H3;2*1-2H3. The molecule has 0 amide bonds. The topological polar surface area (TPSA) is 52.5 Å². The summed E-state index contributed by atoms with van der Waals surface area (Å²) in [6.45, 7) is 9.43. The summed E-state index contributed by atoms with van der Waals surface area (Å²) >= 11 is 0. The van der Waals surface area contributed by atoms with Crippen LogP contribution in [0.15, 0.2) is 42.9 Å². The van der Waals surface area contributed by atoms with E-state index in [1.54, 1.807) is 12.4 Å². The predicted octanol–water partition coefficient (Wildman–Crippen LogP) is 4.58. The molecule has 0 spiro atoms. The van der Waals surface area contributed by atoms with Crippen molar-refractivity contribution in [2.24, 2.45) is 0 Å². The van der Waals surface area contributed by atoms with E-state index in [-0.39, 0.29) is 0 Å². The number of nitrogens with zero attached hydrogens (tertiary/aromatic N) is 2. The van der Waals surface area contributed by atoms with E-state index in [1.807, 2.05) is 52.1 Å². The molecule has 0 fully saturated rings. The van der Waals surface area contributed by atoms with E-state index in [0.29, 0.717) is 0 Å². The van der Waals surface area contributed by atoms with Gasteiger partial charge in [0.05, 0.1) is 12.4 Å². The highest BCUT2D eigenvalue weighted by molar-refractivity contribution is 5.19. The van der Waals surface area contributed by atoms with E-state index in [2.05, 4.69) is 22.1 Å². The molecular weight excluding hydrogens is 234 g/mol. The Morgan fingerprint density at radius 3 is 2.05 bits per heavy atom. The molecule has 0 radical (unpaired) electrons. The van der Waals surface area contributed by atoms with Crippen LogP contribution in [-0.4, -0.2) is 9.97 Å². The molecule has 0 atom stereocenters. The van der Waals surface area contributed by atoms with Gasteiger partial charge in [0.15, 0.2) is 0 Å². The van der Waals surface area contributed by atoms with Crippen molar-refractivity contribution < 1.29 is 0 Å². The van der Waals surface area contributed by atoms with Crippen LogP contribution in [0.25, 0.3) is 0 Å². The molecule has 3 nitrogen and oxygen atoms in total. The van der Waals surface area contributed by atoms with Crippen LogP contribution >= 0.6 is 0 Å². The van der Waals surface area contributed by atoms with Crippen molar-refractivity contribution in [1.82, 2.24) is 9.97 Å². The van der Waals surface area contributed by atoms with Gasteiger partial charge in [-0.25, -0.2) is 4.98 Å². The number of nitriles is 1. The lowest BCUT2D eigenvalue weighted by Gasteiger charge is -1.96. The average Bonchev–Trinajstić information content (AvgIpc) is 2.98. The molecule has 0 bridgehead atoms. The monoisotopic (exact) mass is 259 g/mol. The third kappa shape index (κ3) is 10.8. The first-order valence-corrected chi connectivity index (χ1v) is 6.69. The quantitative estimate of drug-likeness (QED) is 0.858. The number of imidazole rings is 1. The summed E-state index contributed by atoms with van der Waals surface area (Å²) in [5, 5.41) is 7.32. The smallest absolute Gasteiger partial charge is 0.0921 e. The molecule has 0 aliphatic carbocycles. The zero-order valence-corrected chi connectivity index (χ0v) is 12.6. The van der Waals surface area contributed by atoms with Crippen LogP contribution in [0.3, 0.4) is 0 Å². The van der Waals surface area contributed by atoms with Gasteiger partial charge in [-0.3, -0.25) is 0 Å². The zero-order valence-electron chi connectivity index (χ0n) is 12.6. The first-order chi connectivity index (χ1) is 9.36. The molecule has 19 heavy (non-hydrogen) atoms. The second-order valence-corrected chi connectivity index (χ2v) is 2.96. The fraction of sp³-hybridized carbons (Fsp3) is 0.375. The van der Waals surface area contributed by atoms with Gasteiger partial charge in [0, 0.05) is 25.2 Å². The molecule has 0 unspecified atom stereocenters. The highest BCUT2D eigenvalue weighted by Crippen LogP contribution is 2.04. The second-order valence-electron chi connectivity index (χ2n) is 2.96. The van der Waals surface area contributed by atoms with Gasteiger partial charge in [-0.15, -0.1) is 0 Å². The second kappa shape index (κ2) is 15.9. The first kappa shape index (κ1) is 19.3. The van der Waals surface area contributed by atoms with E-state index in [0.717, 1.165) is 12.1 Å². The Labute approximate surface area is 117 Å². The van der Waals surface area contributed by atoms with Crippen molar-refractivity contribution in [1.29, 1.82) is 5.26 Å². The molecular formula is C16H25N3. The van der Waals surface area contributed by atoms with E-state index in [9.17, 15) is 0 Å². The van der Waals surface area contributed by atoms with Crippen molar-refractivity contribution in [3.63, 3.8) is 0 Å². The summed E-state index contributed by atoms with van der Waals surface area (Å²) in [6.07, 6.45) is 4.49. The minimum Gasteiger partial charge on any atom is -0.348 e. The summed E-state index contributed by atoms with van der Waals surface area (Å²) in [6, 6.07) is 12.1. The highest BCUT2D eigenvalue weighted by atomic mass is 14.9. The Hall–Kier alpha value is -2.08. The summed E-state index contributed by atoms with van der Waals surface area (Å²) in [5.41, 5.74) is 2.46. The summed E-state index contributed by atoms with van der Waals surface area (Å²) in [5.74, 6) is 0. The Balaban J connectivity index is 0. The van der Waals surface area contributed by atoms with Crippen LogP contribution in [0.5, 0.6) is 0 Å².